The average Bonchev–Trinajstić information content (AvgIpc) is 2.81. The molecule has 0 aliphatic rings. The zero-order chi connectivity index (χ0) is 24.2. The Balaban J connectivity index is 1.74. The molecule has 4 heterocycles. The maximum absolute atomic E-state index is 6.59. The molecule has 8 heteroatoms. The van der Waals surface area contributed by atoms with Crippen molar-refractivity contribution in [2.75, 3.05) is 12.4 Å². The van der Waals surface area contributed by atoms with Crippen LogP contribution in [0, 0.1) is 13.8 Å². The summed E-state index contributed by atoms with van der Waals surface area (Å²) in [6, 6.07) is 11.7. The summed E-state index contributed by atoms with van der Waals surface area (Å²) in [7, 11) is 1.72. The summed E-state index contributed by atoms with van der Waals surface area (Å²) in [6.07, 6.45) is 5.32. The number of hydrogen-bond acceptors (Lipinski definition) is 8. The first kappa shape index (κ1) is 23.0. The van der Waals surface area contributed by atoms with E-state index in [1.165, 1.54) is 0 Å². The van der Waals surface area contributed by atoms with Gasteiger partial charge in [0.2, 0.25) is 0 Å². The van der Waals surface area contributed by atoms with E-state index in [0.29, 0.717) is 23.3 Å². The molecule has 0 saturated carbocycles. The van der Waals surface area contributed by atoms with Crippen LogP contribution in [0.3, 0.4) is 0 Å². The van der Waals surface area contributed by atoms with Crippen LogP contribution in [0.25, 0.3) is 22.3 Å². The van der Waals surface area contributed by atoms with Gasteiger partial charge in [0.1, 0.15) is 5.82 Å². The van der Waals surface area contributed by atoms with Gasteiger partial charge in [-0.25, -0.2) is 4.98 Å². The molecule has 3 N–H and O–H groups in total. The Hall–Kier alpha value is -4.20. The van der Waals surface area contributed by atoms with Crippen LogP contribution in [-0.2, 0) is 0 Å². The molecule has 0 spiro atoms. The van der Waals surface area contributed by atoms with Crippen molar-refractivity contribution in [3.05, 3.63) is 76.9 Å². The molecule has 8 nitrogen and oxygen atoms in total. The molecular weight excluding hydrogens is 424 g/mol. The highest BCUT2D eigenvalue weighted by Gasteiger charge is 2.11. The molecule has 0 amide bonds. The van der Waals surface area contributed by atoms with Crippen LogP contribution >= 0.6 is 0 Å². The van der Waals surface area contributed by atoms with Crippen LogP contribution in [-0.4, -0.2) is 38.4 Å². The Morgan fingerprint density at radius 1 is 0.941 bits per heavy atom. The lowest BCUT2D eigenvalue weighted by atomic mass is 10.0. The van der Waals surface area contributed by atoms with Crippen molar-refractivity contribution in [2.24, 2.45) is 10.7 Å². The highest BCUT2D eigenvalue weighted by atomic mass is 15.2. The summed E-state index contributed by atoms with van der Waals surface area (Å²) in [5, 5.41) is 11.5. The summed E-state index contributed by atoms with van der Waals surface area (Å²) < 4.78 is 0. The van der Waals surface area contributed by atoms with Gasteiger partial charge in [-0.15, -0.1) is 5.10 Å². The van der Waals surface area contributed by atoms with E-state index in [0.717, 1.165) is 44.7 Å². The van der Waals surface area contributed by atoms with E-state index >= 15 is 0 Å². The van der Waals surface area contributed by atoms with Crippen molar-refractivity contribution >= 4 is 40.2 Å². The summed E-state index contributed by atoms with van der Waals surface area (Å²) in [6.45, 7) is 8.14. The summed E-state index contributed by atoms with van der Waals surface area (Å²) in [5.41, 5.74) is 14.1. The van der Waals surface area contributed by atoms with Gasteiger partial charge in [-0.3, -0.25) is 15.0 Å². The maximum atomic E-state index is 6.59. The second-order valence-electron chi connectivity index (χ2n) is 8.47. The van der Waals surface area contributed by atoms with Crippen molar-refractivity contribution in [1.82, 2.24) is 25.1 Å². The smallest absolute Gasteiger partial charge is 0.154 e. The third-order valence-electron chi connectivity index (χ3n) is 5.39. The molecule has 0 saturated heterocycles. The fourth-order valence-electron chi connectivity index (χ4n) is 3.69. The van der Waals surface area contributed by atoms with Crippen LogP contribution in [0.2, 0.25) is 0 Å². The fraction of sp³-hybridized carbons (Fsp3) is 0.231. The molecule has 0 aromatic carbocycles. The van der Waals surface area contributed by atoms with Gasteiger partial charge in [0.05, 0.1) is 17.2 Å². The molecule has 4 aromatic rings. The Morgan fingerprint density at radius 2 is 1.71 bits per heavy atom. The van der Waals surface area contributed by atoms with Gasteiger partial charge >= 0.3 is 0 Å². The molecule has 0 fully saturated rings. The zero-order valence-electron chi connectivity index (χ0n) is 20.0. The minimum Gasteiger partial charge on any atom is -0.398 e. The predicted molar refractivity (Wildman–Crippen MR) is 138 cm³/mol. The maximum Gasteiger partial charge on any atom is 0.154 e. The van der Waals surface area contributed by atoms with E-state index < -0.39 is 0 Å². The number of aliphatic imine (C=N–C) groups is 1. The number of fused-ring (bicyclic) bond motifs is 1. The van der Waals surface area contributed by atoms with Crippen LogP contribution in [0.1, 0.15) is 47.8 Å². The number of nitrogens with two attached hydrogens (primary N) is 1. The Labute approximate surface area is 199 Å². The molecule has 0 bridgehead atoms. The molecule has 34 heavy (non-hydrogen) atoms. The number of aryl methyl sites for hydroxylation is 2. The highest BCUT2D eigenvalue weighted by Crippen LogP contribution is 2.25. The van der Waals surface area contributed by atoms with E-state index in [9.17, 15) is 0 Å². The van der Waals surface area contributed by atoms with Crippen molar-refractivity contribution in [3.63, 3.8) is 0 Å². The van der Waals surface area contributed by atoms with Crippen molar-refractivity contribution < 1.29 is 0 Å². The molecule has 0 aliphatic heterocycles. The number of pyridine rings is 3. The van der Waals surface area contributed by atoms with Crippen LogP contribution in [0.15, 0.2) is 53.8 Å². The van der Waals surface area contributed by atoms with Crippen LogP contribution < -0.4 is 11.1 Å². The number of hydrogen-bond donors (Lipinski definition) is 2. The van der Waals surface area contributed by atoms with E-state index in [1.54, 1.807) is 25.7 Å². The number of nitrogens with zero attached hydrogens (tertiary/aromatic N) is 6. The van der Waals surface area contributed by atoms with E-state index in [4.69, 9.17) is 10.7 Å². The van der Waals surface area contributed by atoms with Gasteiger partial charge in [0.15, 0.2) is 5.82 Å². The van der Waals surface area contributed by atoms with Gasteiger partial charge < -0.3 is 11.1 Å². The molecule has 0 radical (unpaired) electrons. The van der Waals surface area contributed by atoms with E-state index in [1.807, 2.05) is 50.2 Å². The van der Waals surface area contributed by atoms with Crippen molar-refractivity contribution in [3.8, 4) is 0 Å². The molecule has 172 valence electrons. The lowest BCUT2D eigenvalue weighted by molar-refractivity contribution is 0.843. The zero-order valence-corrected chi connectivity index (χ0v) is 20.0. The predicted octanol–water partition coefficient (Wildman–Crippen LogP) is 4.83. The summed E-state index contributed by atoms with van der Waals surface area (Å²) in [4.78, 5) is 18.0. The summed E-state index contributed by atoms with van der Waals surface area (Å²) in [5.74, 6) is 1.66. The number of nitrogens with one attached hydrogen (secondary N) is 1. The number of allylic oxidation sites excluding steroid dienone is 1. The second kappa shape index (κ2) is 9.74. The average molecular weight is 453 g/mol. The molecule has 4 aromatic heterocycles. The Kier molecular flexibility index (Phi) is 6.58. The number of anilines is 2. The quantitative estimate of drug-likeness (QED) is 0.403. The molecule has 0 unspecified atom stereocenters. The molecular formula is C26H28N8. The normalized spacial score (nSPS) is 12.4. The van der Waals surface area contributed by atoms with Gasteiger partial charge in [-0.1, -0.05) is 13.8 Å². The Bertz CT molecular complexity index is 1390. The first-order chi connectivity index (χ1) is 16.3. The van der Waals surface area contributed by atoms with Crippen molar-refractivity contribution in [2.45, 2.75) is 33.6 Å². The van der Waals surface area contributed by atoms with E-state index in [2.05, 4.69) is 44.3 Å². The van der Waals surface area contributed by atoms with Gasteiger partial charge in [-0.05, 0) is 61.7 Å². The van der Waals surface area contributed by atoms with E-state index in [-0.39, 0.29) is 0 Å². The first-order valence-electron chi connectivity index (χ1n) is 11.1. The van der Waals surface area contributed by atoms with Crippen LogP contribution in [0.4, 0.5) is 11.6 Å². The SMILES string of the molecule is CN=CC(=C(N)c1cc(C)nc(C)c1)c1cnc2ccc(Nc3cc(C(C)C)cnn3)nc2c1. The highest BCUT2D eigenvalue weighted by molar-refractivity contribution is 6.19. The Morgan fingerprint density at radius 3 is 2.41 bits per heavy atom. The first-order valence-corrected chi connectivity index (χ1v) is 11.1. The molecule has 0 atom stereocenters. The molecule has 0 aliphatic carbocycles. The monoisotopic (exact) mass is 452 g/mol. The third-order valence-corrected chi connectivity index (χ3v) is 5.39. The number of aromatic nitrogens is 5. The third kappa shape index (κ3) is 5.06. The minimum absolute atomic E-state index is 0.358. The van der Waals surface area contributed by atoms with Gasteiger partial charge in [0.25, 0.3) is 0 Å². The lowest BCUT2D eigenvalue weighted by Gasteiger charge is -2.11. The lowest BCUT2D eigenvalue weighted by Crippen LogP contribution is -2.05. The van der Waals surface area contributed by atoms with Crippen molar-refractivity contribution in [1.29, 1.82) is 0 Å². The van der Waals surface area contributed by atoms with Gasteiger partial charge in [-0.2, -0.15) is 5.10 Å². The standard InChI is InChI=1S/C26H28N8/c1-15(2)19-11-25(34-30-13-19)33-24-7-6-22-23(32-24)10-20(12-29-22)21(14-28-5)26(27)18-8-16(3)31-17(4)9-18/h6-15H,27H2,1-5H3,(H,32,33,34). The summed E-state index contributed by atoms with van der Waals surface area (Å²) >= 11 is 0. The fourth-order valence-corrected chi connectivity index (χ4v) is 3.69. The second-order valence-corrected chi connectivity index (χ2v) is 8.47. The topological polar surface area (TPSA) is 115 Å². The largest absolute Gasteiger partial charge is 0.398 e. The van der Waals surface area contributed by atoms with Gasteiger partial charge in [0, 0.05) is 53.2 Å². The number of rotatable bonds is 6. The molecule has 4 rings (SSSR count). The minimum atomic E-state index is 0.358. The van der Waals surface area contributed by atoms with Crippen LogP contribution in [0.5, 0.6) is 0 Å².